The summed E-state index contributed by atoms with van der Waals surface area (Å²) >= 11 is 0. The number of carbonyl (C=O) groups is 2. The molecule has 0 spiro atoms. The molecular weight excluding hydrogens is 478 g/mol. The van der Waals surface area contributed by atoms with Gasteiger partial charge in [-0.05, 0) is 56.9 Å². The Morgan fingerprint density at radius 3 is 2.58 bits per heavy atom. The van der Waals surface area contributed by atoms with Gasteiger partial charge >= 0.3 is 12.1 Å². The quantitative estimate of drug-likeness (QED) is 0.436. The molecule has 2 aromatic heterocycles. The van der Waals surface area contributed by atoms with Crippen LogP contribution in [0.3, 0.4) is 0 Å². The number of fused-ring (bicyclic) bond motifs is 3. The molecule has 3 aromatic rings. The summed E-state index contributed by atoms with van der Waals surface area (Å²) < 4.78 is 56.3. The van der Waals surface area contributed by atoms with Gasteiger partial charge in [0.2, 0.25) is 5.91 Å². The first-order valence-corrected chi connectivity index (χ1v) is 11.7. The van der Waals surface area contributed by atoms with Crippen LogP contribution in [0.1, 0.15) is 55.5 Å². The Bertz CT molecular complexity index is 1310. The minimum atomic E-state index is -4.81. The fraction of sp³-hybridized carbons (Fsp3) is 0.423. The summed E-state index contributed by atoms with van der Waals surface area (Å²) in [6.07, 6.45) is -1.75. The van der Waals surface area contributed by atoms with Gasteiger partial charge < -0.3 is 14.6 Å². The summed E-state index contributed by atoms with van der Waals surface area (Å²) in [6.45, 7) is 3.75. The molecule has 4 rings (SSSR count). The molecule has 0 radical (unpaired) electrons. The summed E-state index contributed by atoms with van der Waals surface area (Å²) in [4.78, 5) is 30.3. The number of amides is 1. The molecule has 1 amide bonds. The van der Waals surface area contributed by atoms with Crippen LogP contribution in [-0.4, -0.2) is 38.0 Å². The molecule has 0 saturated heterocycles. The number of carboxylic acids is 1. The second kappa shape index (κ2) is 9.55. The van der Waals surface area contributed by atoms with Gasteiger partial charge in [0.25, 0.3) is 0 Å². The molecule has 0 aliphatic carbocycles. The van der Waals surface area contributed by atoms with Gasteiger partial charge in [-0.15, -0.1) is 0 Å². The van der Waals surface area contributed by atoms with E-state index in [0.717, 1.165) is 10.9 Å². The number of carboxylic acid groups (broad SMARTS) is 1. The highest BCUT2D eigenvalue weighted by Crippen LogP contribution is 2.35. The molecule has 0 saturated carbocycles. The van der Waals surface area contributed by atoms with Crippen molar-refractivity contribution < 1.29 is 32.3 Å². The zero-order chi connectivity index (χ0) is 26.3. The lowest BCUT2D eigenvalue weighted by Crippen LogP contribution is -2.36. The van der Waals surface area contributed by atoms with Crippen molar-refractivity contribution in [1.82, 2.24) is 14.5 Å². The number of aromatic nitrogens is 2. The number of hydrogen-bond acceptors (Lipinski definition) is 3. The fourth-order valence-corrected chi connectivity index (χ4v) is 4.68. The topological polar surface area (TPSA) is 75.4 Å². The minimum absolute atomic E-state index is 0.116. The highest BCUT2D eigenvalue weighted by molar-refractivity contribution is 5.84. The van der Waals surface area contributed by atoms with Crippen LogP contribution in [0.2, 0.25) is 0 Å². The van der Waals surface area contributed by atoms with Crippen LogP contribution >= 0.6 is 0 Å². The van der Waals surface area contributed by atoms with E-state index in [1.807, 2.05) is 6.07 Å². The summed E-state index contributed by atoms with van der Waals surface area (Å²) in [5.41, 5.74) is -0.180. The van der Waals surface area contributed by atoms with E-state index in [-0.39, 0.29) is 31.0 Å². The van der Waals surface area contributed by atoms with Crippen molar-refractivity contribution in [1.29, 1.82) is 0 Å². The predicted octanol–water partition coefficient (Wildman–Crippen LogP) is 5.41. The third-order valence-corrected chi connectivity index (χ3v) is 6.85. The Morgan fingerprint density at radius 2 is 1.89 bits per heavy atom. The predicted molar refractivity (Wildman–Crippen MR) is 125 cm³/mol. The van der Waals surface area contributed by atoms with Crippen molar-refractivity contribution >= 4 is 22.9 Å². The van der Waals surface area contributed by atoms with Crippen LogP contribution in [0.4, 0.5) is 17.6 Å². The van der Waals surface area contributed by atoms with E-state index >= 15 is 0 Å². The number of carbonyl (C=O) groups excluding carboxylic acids is 1. The molecule has 36 heavy (non-hydrogen) atoms. The van der Waals surface area contributed by atoms with E-state index in [1.165, 1.54) is 12.1 Å². The maximum Gasteiger partial charge on any atom is 0.419 e. The van der Waals surface area contributed by atoms with E-state index in [4.69, 9.17) is 0 Å². The van der Waals surface area contributed by atoms with Crippen molar-refractivity contribution in [3.63, 3.8) is 0 Å². The number of alkyl halides is 3. The molecule has 192 valence electrons. The SMILES string of the molecule is CC(C)(CCCC(=O)N1CCc2c(n(Cc3cccc(C(F)(F)F)c3F)c3ncccc23)C1)C(=O)O. The maximum absolute atomic E-state index is 14.8. The first kappa shape index (κ1) is 25.7. The first-order chi connectivity index (χ1) is 16.9. The highest BCUT2D eigenvalue weighted by Gasteiger charge is 2.35. The standard InChI is InChI=1S/C26H27F4N3O3/c1-25(2,24(35)36)11-4-9-21(34)32-13-10-17-18-7-5-12-31-23(18)33(20(17)15-32)14-16-6-3-8-19(22(16)27)26(28,29)30/h3,5-8,12H,4,9-11,13-15H2,1-2H3,(H,35,36). The molecule has 0 unspecified atom stereocenters. The first-order valence-electron chi connectivity index (χ1n) is 11.7. The van der Waals surface area contributed by atoms with Crippen LogP contribution < -0.4 is 0 Å². The van der Waals surface area contributed by atoms with Crippen molar-refractivity contribution in [3.8, 4) is 0 Å². The second-order valence-electron chi connectivity index (χ2n) is 9.77. The molecule has 1 N–H and O–H groups in total. The Kier molecular flexibility index (Phi) is 6.81. The molecule has 3 heterocycles. The maximum atomic E-state index is 14.8. The molecule has 1 aromatic carbocycles. The van der Waals surface area contributed by atoms with Gasteiger partial charge in [-0.3, -0.25) is 9.59 Å². The number of hydrogen-bond donors (Lipinski definition) is 1. The average molecular weight is 506 g/mol. The largest absolute Gasteiger partial charge is 0.481 e. The number of benzene rings is 1. The van der Waals surface area contributed by atoms with E-state index in [2.05, 4.69) is 4.98 Å². The third-order valence-electron chi connectivity index (χ3n) is 6.85. The summed E-state index contributed by atoms with van der Waals surface area (Å²) in [6, 6.07) is 6.85. The molecule has 1 aliphatic rings. The minimum Gasteiger partial charge on any atom is -0.481 e. The Balaban J connectivity index is 1.61. The Hall–Kier alpha value is -3.43. The zero-order valence-corrected chi connectivity index (χ0v) is 20.0. The van der Waals surface area contributed by atoms with Crippen molar-refractivity contribution in [3.05, 3.63) is 64.7 Å². The van der Waals surface area contributed by atoms with Crippen LogP contribution in [0.25, 0.3) is 11.0 Å². The molecule has 1 aliphatic heterocycles. The smallest absolute Gasteiger partial charge is 0.419 e. The molecule has 10 heteroatoms. The van der Waals surface area contributed by atoms with Crippen LogP contribution in [0.5, 0.6) is 0 Å². The molecular formula is C26H27F4N3O3. The van der Waals surface area contributed by atoms with E-state index in [9.17, 15) is 32.3 Å². The normalized spacial score (nSPS) is 14.2. The fourth-order valence-electron chi connectivity index (χ4n) is 4.68. The zero-order valence-electron chi connectivity index (χ0n) is 20.0. The van der Waals surface area contributed by atoms with E-state index < -0.39 is 28.9 Å². The van der Waals surface area contributed by atoms with Gasteiger partial charge in [-0.1, -0.05) is 12.1 Å². The Labute approximate surface area is 205 Å². The average Bonchev–Trinajstić information content (AvgIpc) is 3.12. The lowest BCUT2D eigenvalue weighted by molar-refractivity contribution is -0.147. The molecule has 0 bridgehead atoms. The second-order valence-corrected chi connectivity index (χ2v) is 9.77. The van der Waals surface area contributed by atoms with Crippen LogP contribution in [-0.2, 0) is 35.3 Å². The van der Waals surface area contributed by atoms with Gasteiger partial charge in [0.15, 0.2) is 0 Å². The van der Waals surface area contributed by atoms with Gasteiger partial charge in [0, 0.05) is 35.8 Å². The molecule has 0 atom stereocenters. The van der Waals surface area contributed by atoms with Crippen molar-refractivity contribution in [2.24, 2.45) is 5.41 Å². The van der Waals surface area contributed by atoms with Crippen LogP contribution in [0, 0.1) is 11.2 Å². The number of pyridine rings is 1. The van der Waals surface area contributed by atoms with Crippen LogP contribution in [0.15, 0.2) is 36.5 Å². The van der Waals surface area contributed by atoms with Gasteiger partial charge in [-0.2, -0.15) is 13.2 Å². The summed E-state index contributed by atoms with van der Waals surface area (Å²) in [5.74, 6) is -2.37. The monoisotopic (exact) mass is 505 g/mol. The highest BCUT2D eigenvalue weighted by atomic mass is 19.4. The van der Waals surface area contributed by atoms with Crippen molar-refractivity contribution in [2.75, 3.05) is 6.54 Å². The third kappa shape index (κ3) is 4.94. The summed E-state index contributed by atoms with van der Waals surface area (Å²) in [5, 5.41) is 10.1. The van der Waals surface area contributed by atoms with E-state index in [0.29, 0.717) is 43.2 Å². The van der Waals surface area contributed by atoms with Gasteiger partial charge in [-0.25, -0.2) is 9.37 Å². The number of aliphatic carboxylic acids is 1. The summed E-state index contributed by atoms with van der Waals surface area (Å²) in [7, 11) is 0. The number of rotatable bonds is 7. The lowest BCUT2D eigenvalue weighted by atomic mass is 9.87. The Morgan fingerprint density at radius 1 is 1.14 bits per heavy atom. The number of nitrogens with zero attached hydrogens (tertiary/aromatic N) is 3. The number of halogens is 4. The molecule has 6 nitrogen and oxygen atoms in total. The lowest BCUT2D eigenvalue weighted by Gasteiger charge is -2.29. The van der Waals surface area contributed by atoms with Gasteiger partial charge in [0.1, 0.15) is 11.5 Å². The van der Waals surface area contributed by atoms with E-state index in [1.54, 1.807) is 35.6 Å². The van der Waals surface area contributed by atoms with Crippen molar-refractivity contribution in [2.45, 2.75) is 58.8 Å². The van der Waals surface area contributed by atoms with Gasteiger partial charge in [0.05, 0.1) is 24.1 Å². The molecule has 0 fully saturated rings.